The minimum absolute atomic E-state index is 0.178. The molecule has 4 heteroatoms. The Morgan fingerprint density at radius 1 is 1.32 bits per heavy atom. The van der Waals surface area contributed by atoms with Crippen LogP contribution in [0.1, 0.15) is 10.4 Å². The zero-order valence-electron chi connectivity index (χ0n) is 10.4. The fraction of sp³-hybridized carbons (Fsp3) is 0.0667. The number of anilines is 1. The number of ether oxygens (including phenoxy) is 1. The van der Waals surface area contributed by atoms with Gasteiger partial charge in [0.25, 0.3) is 5.91 Å². The summed E-state index contributed by atoms with van der Waals surface area (Å²) in [5.74, 6) is 0.529. The molecule has 0 aliphatic heterocycles. The van der Waals surface area contributed by atoms with E-state index in [4.69, 9.17) is 4.74 Å². The van der Waals surface area contributed by atoms with Gasteiger partial charge in [0.15, 0.2) is 0 Å². The van der Waals surface area contributed by atoms with Crippen LogP contribution in [-0.2, 0) is 0 Å². The summed E-state index contributed by atoms with van der Waals surface area (Å²) in [6.07, 6.45) is 4.92. The van der Waals surface area contributed by atoms with Crippen molar-refractivity contribution in [1.29, 1.82) is 0 Å². The first-order valence-corrected chi connectivity index (χ1v) is 5.85. The molecule has 96 valence electrons. The lowest BCUT2D eigenvalue weighted by molar-refractivity contribution is 0.102. The van der Waals surface area contributed by atoms with E-state index < -0.39 is 0 Å². The lowest BCUT2D eigenvalue weighted by Crippen LogP contribution is -2.11. The van der Waals surface area contributed by atoms with Gasteiger partial charge in [-0.25, -0.2) is 0 Å². The molecule has 1 heterocycles. The zero-order chi connectivity index (χ0) is 13.5. The number of carbonyl (C=O) groups excluding carboxylic acids is 1. The molecule has 2 aromatic rings. The van der Waals surface area contributed by atoms with Crippen LogP contribution in [0.25, 0.3) is 0 Å². The predicted molar refractivity (Wildman–Crippen MR) is 74.3 cm³/mol. The summed E-state index contributed by atoms with van der Waals surface area (Å²) >= 11 is 0. The van der Waals surface area contributed by atoms with Crippen molar-refractivity contribution in [2.45, 2.75) is 0 Å². The van der Waals surface area contributed by atoms with Crippen molar-refractivity contribution in [2.24, 2.45) is 0 Å². The van der Waals surface area contributed by atoms with Gasteiger partial charge in [0, 0.05) is 11.8 Å². The average Bonchev–Trinajstić information content (AvgIpc) is 2.46. The van der Waals surface area contributed by atoms with E-state index in [-0.39, 0.29) is 5.91 Å². The van der Waals surface area contributed by atoms with Crippen molar-refractivity contribution < 1.29 is 9.53 Å². The van der Waals surface area contributed by atoms with Crippen LogP contribution in [0, 0.1) is 0 Å². The van der Waals surface area contributed by atoms with Gasteiger partial charge in [-0.15, -0.1) is 0 Å². The Labute approximate surface area is 111 Å². The first-order valence-electron chi connectivity index (χ1n) is 5.85. The number of hydrogen-bond donors (Lipinski definition) is 1. The van der Waals surface area contributed by atoms with E-state index in [1.807, 2.05) is 0 Å². The highest BCUT2D eigenvalue weighted by atomic mass is 16.5. The van der Waals surface area contributed by atoms with E-state index in [1.54, 1.807) is 54.9 Å². The van der Waals surface area contributed by atoms with Crippen molar-refractivity contribution >= 4 is 11.6 Å². The molecule has 1 aromatic heterocycles. The maximum absolute atomic E-state index is 11.9. The molecule has 0 radical (unpaired) electrons. The molecule has 4 nitrogen and oxygen atoms in total. The standard InChI is InChI=1S/C15H14N2O2/c1-2-10-19-14-7-5-12(6-8-14)15(18)17-13-4-3-9-16-11-13/h2-9,11H,1,10H2,(H,17,18). The van der Waals surface area contributed by atoms with Crippen LogP contribution in [-0.4, -0.2) is 17.5 Å². The Morgan fingerprint density at radius 3 is 2.74 bits per heavy atom. The molecule has 0 aliphatic rings. The van der Waals surface area contributed by atoms with Crippen molar-refractivity contribution in [2.75, 3.05) is 11.9 Å². The summed E-state index contributed by atoms with van der Waals surface area (Å²) in [6, 6.07) is 10.5. The molecule has 0 atom stereocenters. The molecule has 0 unspecified atom stereocenters. The number of benzene rings is 1. The van der Waals surface area contributed by atoms with Crippen LogP contribution < -0.4 is 10.1 Å². The quantitative estimate of drug-likeness (QED) is 0.835. The van der Waals surface area contributed by atoms with Crippen LogP contribution in [0.4, 0.5) is 5.69 Å². The minimum atomic E-state index is -0.178. The summed E-state index contributed by atoms with van der Waals surface area (Å²) in [5.41, 5.74) is 1.23. The maximum Gasteiger partial charge on any atom is 0.255 e. The van der Waals surface area contributed by atoms with Crippen LogP contribution in [0.2, 0.25) is 0 Å². The largest absolute Gasteiger partial charge is 0.490 e. The van der Waals surface area contributed by atoms with Gasteiger partial charge in [-0.3, -0.25) is 9.78 Å². The molecule has 0 aliphatic carbocycles. The number of pyridine rings is 1. The first kappa shape index (κ1) is 12.8. The molecule has 0 saturated heterocycles. The Kier molecular flexibility index (Phi) is 4.29. The SMILES string of the molecule is C=CCOc1ccc(C(=O)Nc2cccnc2)cc1. The molecular formula is C15H14N2O2. The highest BCUT2D eigenvalue weighted by Gasteiger charge is 2.05. The topological polar surface area (TPSA) is 51.2 Å². The number of rotatable bonds is 5. The van der Waals surface area contributed by atoms with E-state index in [9.17, 15) is 4.79 Å². The summed E-state index contributed by atoms with van der Waals surface area (Å²) in [4.78, 5) is 15.9. The van der Waals surface area contributed by atoms with Crippen LogP contribution in [0.15, 0.2) is 61.4 Å². The molecule has 2 rings (SSSR count). The van der Waals surface area contributed by atoms with Crippen LogP contribution in [0.5, 0.6) is 5.75 Å². The number of hydrogen-bond acceptors (Lipinski definition) is 3. The highest BCUT2D eigenvalue weighted by Crippen LogP contribution is 2.13. The number of aromatic nitrogens is 1. The third-order valence-corrected chi connectivity index (χ3v) is 2.40. The molecule has 1 amide bonds. The van der Waals surface area contributed by atoms with Gasteiger partial charge in [-0.05, 0) is 36.4 Å². The fourth-order valence-corrected chi connectivity index (χ4v) is 1.50. The first-order chi connectivity index (χ1) is 9.29. The highest BCUT2D eigenvalue weighted by molar-refractivity contribution is 6.04. The number of nitrogens with zero attached hydrogens (tertiary/aromatic N) is 1. The minimum Gasteiger partial charge on any atom is -0.490 e. The van der Waals surface area contributed by atoms with Gasteiger partial charge >= 0.3 is 0 Å². The summed E-state index contributed by atoms with van der Waals surface area (Å²) < 4.78 is 5.35. The van der Waals surface area contributed by atoms with E-state index in [0.29, 0.717) is 23.6 Å². The van der Waals surface area contributed by atoms with Crippen molar-refractivity contribution in [3.05, 3.63) is 67.0 Å². The van der Waals surface area contributed by atoms with E-state index in [0.717, 1.165) is 0 Å². The molecule has 1 N–H and O–H groups in total. The van der Waals surface area contributed by atoms with Gasteiger partial charge in [0.1, 0.15) is 12.4 Å². The molecule has 1 aromatic carbocycles. The second-order valence-corrected chi connectivity index (χ2v) is 3.82. The molecule has 0 saturated carbocycles. The third kappa shape index (κ3) is 3.67. The third-order valence-electron chi connectivity index (χ3n) is 2.40. The normalized spacial score (nSPS) is 9.68. The number of amides is 1. The summed E-state index contributed by atoms with van der Waals surface area (Å²) in [7, 11) is 0. The Bertz CT molecular complexity index is 550. The van der Waals surface area contributed by atoms with Gasteiger partial charge in [-0.2, -0.15) is 0 Å². The van der Waals surface area contributed by atoms with E-state index in [1.165, 1.54) is 0 Å². The second kappa shape index (κ2) is 6.35. The summed E-state index contributed by atoms with van der Waals surface area (Å²) in [6.45, 7) is 4.02. The Morgan fingerprint density at radius 2 is 2.11 bits per heavy atom. The van der Waals surface area contributed by atoms with Gasteiger partial charge < -0.3 is 10.1 Å². The Balaban J connectivity index is 2.01. The summed E-state index contributed by atoms with van der Waals surface area (Å²) in [5, 5.41) is 2.76. The van der Waals surface area contributed by atoms with Crippen molar-refractivity contribution in [1.82, 2.24) is 4.98 Å². The van der Waals surface area contributed by atoms with Crippen LogP contribution in [0.3, 0.4) is 0 Å². The number of nitrogens with one attached hydrogen (secondary N) is 1. The monoisotopic (exact) mass is 254 g/mol. The van der Waals surface area contributed by atoms with E-state index >= 15 is 0 Å². The zero-order valence-corrected chi connectivity index (χ0v) is 10.4. The van der Waals surface area contributed by atoms with Gasteiger partial charge in [0.05, 0.1) is 11.9 Å². The molecule has 0 fully saturated rings. The molecule has 19 heavy (non-hydrogen) atoms. The lowest BCUT2D eigenvalue weighted by atomic mass is 10.2. The smallest absolute Gasteiger partial charge is 0.255 e. The number of carbonyl (C=O) groups is 1. The molecule has 0 bridgehead atoms. The van der Waals surface area contributed by atoms with Gasteiger partial charge in [-0.1, -0.05) is 12.7 Å². The van der Waals surface area contributed by atoms with Gasteiger partial charge in [0.2, 0.25) is 0 Å². The fourth-order valence-electron chi connectivity index (χ4n) is 1.50. The predicted octanol–water partition coefficient (Wildman–Crippen LogP) is 2.90. The molecule has 0 spiro atoms. The van der Waals surface area contributed by atoms with Crippen LogP contribution >= 0.6 is 0 Å². The lowest BCUT2D eigenvalue weighted by Gasteiger charge is -2.06. The Hall–Kier alpha value is -2.62. The van der Waals surface area contributed by atoms with Crippen molar-refractivity contribution in [3.8, 4) is 5.75 Å². The second-order valence-electron chi connectivity index (χ2n) is 3.82. The molecular weight excluding hydrogens is 240 g/mol. The van der Waals surface area contributed by atoms with Crippen molar-refractivity contribution in [3.63, 3.8) is 0 Å². The van der Waals surface area contributed by atoms with E-state index in [2.05, 4.69) is 16.9 Å². The average molecular weight is 254 g/mol. The maximum atomic E-state index is 11.9.